The number of amides is 1. The minimum absolute atomic E-state index is 0.0306. The lowest BCUT2D eigenvalue weighted by Gasteiger charge is -2.25. The molecular formula is C21H20ClN3O4S2. The van der Waals surface area contributed by atoms with Gasteiger partial charge in [0, 0.05) is 9.90 Å². The predicted molar refractivity (Wildman–Crippen MR) is 124 cm³/mol. The van der Waals surface area contributed by atoms with Crippen molar-refractivity contribution in [1.82, 2.24) is 5.43 Å². The second-order valence-electron chi connectivity index (χ2n) is 6.35. The predicted octanol–water partition coefficient (Wildman–Crippen LogP) is 4.15. The van der Waals surface area contributed by atoms with Gasteiger partial charge in [-0.25, -0.2) is 13.8 Å². The Morgan fingerprint density at radius 1 is 1.16 bits per heavy atom. The first-order chi connectivity index (χ1) is 14.8. The third-order valence-electron chi connectivity index (χ3n) is 4.25. The molecule has 0 aliphatic heterocycles. The minimum atomic E-state index is -4.09. The van der Waals surface area contributed by atoms with Crippen LogP contribution in [0.4, 0.5) is 5.69 Å². The van der Waals surface area contributed by atoms with Gasteiger partial charge in [0.2, 0.25) is 0 Å². The van der Waals surface area contributed by atoms with Crippen LogP contribution in [0.15, 0.2) is 76.0 Å². The summed E-state index contributed by atoms with van der Waals surface area (Å²) in [6, 6.07) is 16.1. The number of methoxy groups -OCH3 is 1. The topological polar surface area (TPSA) is 88.1 Å². The monoisotopic (exact) mass is 477 g/mol. The number of halogens is 1. The number of carbonyl (C=O) groups excluding carboxylic acids is 1. The van der Waals surface area contributed by atoms with Crippen LogP contribution >= 0.6 is 22.9 Å². The van der Waals surface area contributed by atoms with E-state index in [1.54, 1.807) is 37.3 Å². The van der Waals surface area contributed by atoms with Gasteiger partial charge in [-0.15, -0.1) is 11.3 Å². The van der Waals surface area contributed by atoms with Crippen molar-refractivity contribution in [3.05, 3.63) is 75.9 Å². The Bertz CT molecular complexity index is 1180. The van der Waals surface area contributed by atoms with Crippen LogP contribution in [0.25, 0.3) is 0 Å². The van der Waals surface area contributed by atoms with E-state index in [0.717, 1.165) is 9.18 Å². The van der Waals surface area contributed by atoms with Crippen LogP contribution in [-0.2, 0) is 14.8 Å². The van der Waals surface area contributed by atoms with E-state index in [-0.39, 0.29) is 16.3 Å². The van der Waals surface area contributed by atoms with E-state index in [1.807, 2.05) is 17.5 Å². The number of hydrogen-bond donors (Lipinski definition) is 1. The fourth-order valence-electron chi connectivity index (χ4n) is 2.73. The number of sulfonamides is 1. The van der Waals surface area contributed by atoms with E-state index < -0.39 is 22.5 Å². The summed E-state index contributed by atoms with van der Waals surface area (Å²) in [4.78, 5) is 13.6. The molecular weight excluding hydrogens is 458 g/mol. The number of thiophene rings is 1. The second-order valence-corrected chi connectivity index (χ2v) is 9.60. The van der Waals surface area contributed by atoms with Gasteiger partial charge in [0.1, 0.15) is 12.3 Å². The van der Waals surface area contributed by atoms with Gasteiger partial charge in [-0.3, -0.25) is 9.10 Å². The summed E-state index contributed by atoms with van der Waals surface area (Å²) in [7, 11) is -2.68. The van der Waals surface area contributed by atoms with Crippen LogP contribution in [0, 0.1) is 0 Å². The number of nitrogens with one attached hydrogen (secondary N) is 1. The van der Waals surface area contributed by atoms with Gasteiger partial charge in [0.05, 0.1) is 23.4 Å². The van der Waals surface area contributed by atoms with E-state index in [1.165, 1.54) is 36.6 Å². The standard InChI is InChI=1S/C21H20ClN3O4S2/c1-15(20-9-6-12-30-20)23-24-21(26)14-25(18-13-16(22)10-11-19(18)29-2)31(27,28)17-7-4-3-5-8-17/h3-13H,14H2,1-2H3,(H,24,26)/b23-15-. The molecule has 0 spiro atoms. The Morgan fingerprint density at radius 2 is 1.90 bits per heavy atom. The van der Waals surface area contributed by atoms with Crippen LogP contribution < -0.4 is 14.5 Å². The fourth-order valence-corrected chi connectivity index (χ4v) is 5.02. The molecule has 2 aromatic carbocycles. The lowest BCUT2D eigenvalue weighted by molar-refractivity contribution is -0.119. The van der Waals surface area contributed by atoms with Crippen molar-refractivity contribution in [3.63, 3.8) is 0 Å². The SMILES string of the molecule is COc1ccc(Cl)cc1N(CC(=O)N/N=C(/C)c1cccs1)S(=O)(=O)c1ccccc1. The molecule has 0 fully saturated rings. The first-order valence-corrected chi connectivity index (χ1v) is 11.8. The third kappa shape index (κ3) is 5.43. The fraction of sp³-hybridized carbons (Fsp3) is 0.143. The zero-order valence-corrected chi connectivity index (χ0v) is 19.2. The van der Waals surface area contributed by atoms with Gasteiger partial charge in [0.15, 0.2) is 0 Å². The number of hydrogen-bond acceptors (Lipinski definition) is 6. The summed E-state index contributed by atoms with van der Waals surface area (Å²) in [6.45, 7) is 1.24. The molecule has 1 aromatic heterocycles. The summed E-state index contributed by atoms with van der Waals surface area (Å²) in [5, 5.41) is 6.28. The summed E-state index contributed by atoms with van der Waals surface area (Å²) >= 11 is 7.59. The Hall–Kier alpha value is -2.88. The van der Waals surface area contributed by atoms with Gasteiger partial charge in [-0.2, -0.15) is 5.10 Å². The van der Waals surface area contributed by atoms with Crippen LogP contribution in [0.2, 0.25) is 5.02 Å². The normalized spacial score (nSPS) is 11.8. The van der Waals surface area contributed by atoms with Crippen molar-refractivity contribution in [3.8, 4) is 5.75 Å². The van der Waals surface area contributed by atoms with Gasteiger partial charge >= 0.3 is 0 Å². The molecule has 0 unspecified atom stereocenters. The number of hydrazone groups is 1. The van der Waals surface area contributed by atoms with Crippen LogP contribution in [0.3, 0.4) is 0 Å². The molecule has 0 bridgehead atoms. The van der Waals surface area contributed by atoms with Gasteiger partial charge < -0.3 is 4.74 Å². The van der Waals surface area contributed by atoms with Crippen molar-refractivity contribution in [2.75, 3.05) is 18.0 Å². The van der Waals surface area contributed by atoms with Gasteiger partial charge in [-0.1, -0.05) is 35.9 Å². The van der Waals surface area contributed by atoms with Crippen LogP contribution in [-0.4, -0.2) is 33.7 Å². The highest BCUT2D eigenvalue weighted by Crippen LogP contribution is 2.34. The maximum atomic E-state index is 13.4. The van der Waals surface area contributed by atoms with Gasteiger partial charge in [-0.05, 0) is 48.7 Å². The Kier molecular flexibility index (Phi) is 7.32. The lowest BCUT2D eigenvalue weighted by atomic mass is 10.3. The number of carbonyl (C=O) groups is 1. The molecule has 0 saturated heterocycles. The molecule has 0 aliphatic carbocycles. The average Bonchev–Trinajstić information content (AvgIpc) is 3.31. The highest BCUT2D eigenvalue weighted by molar-refractivity contribution is 7.92. The van der Waals surface area contributed by atoms with E-state index in [9.17, 15) is 13.2 Å². The molecule has 0 aliphatic rings. The minimum Gasteiger partial charge on any atom is -0.495 e. The summed E-state index contributed by atoms with van der Waals surface area (Å²) in [5.74, 6) is -0.354. The smallest absolute Gasteiger partial charge is 0.264 e. The van der Waals surface area contributed by atoms with Crippen LogP contribution in [0.1, 0.15) is 11.8 Å². The lowest BCUT2D eigenvalue weighted by Crippen LogP contribution is -2.40. The Labute approximate surface area is 190 Å². The van der Waals surface area contributed by atoms with E-state index in [2.05, 4.69) is 10.5 Å². The molecule has 3 rings (SSSR count). The van der Waals surface area contributed by atoms with Crippen molar-refractivity contribution >= 4 is 50.3 Å². The zero-order chi connectivity index (χ0) is 22.4. The summed E-state index contributed by atoms with van der Waals surface area (Å²) in [6.07, 6.45) is 0. The number of anilines is 1. The molecule has 7 nitrogen and oxygen atoms in total. The van der Waals surface area contributed by atoms with Gasteiger partial charge in [0.25, 0.3) is 15.9 Å². The van der Waals surface area contributed by atoms with Crippen molar-refractivity contribution < 1.29 is 17.9 Å². The van der Waals surface area contributed by atoms with Crippen molar-refractivity contribution in [2.24, 2.45) is 5.10 Å². The molecule has 3 aromatic rings. The van der Waals surface area contributed by atoms with E-state index in [0.29, 0.717) is 10.7 Å². The van der Waals surface area contributed by atoms with Crippen molar-refractivity contribution in [1.29, 1.82) is 0 Å². The maximum absolute atomic E-state index is 13.4. The molecule has 0 saturated carbocycles. The highest BCUT2D eigenvalue weighted by Gasteiger charge is 2.29. The highest BCUT2D eigenvalue weighted by atomic mass is 35.5. The third-order valence-corrected chi connectivity index (χ3v) is 7.24. The number of rotatable bonds is 8. The number of nitrogens with zero attached hydrogens (tertiary/aromatic N) is 2. The van der Waals surface area contributed by atoms with Crippen molar-refractivity contribution in [2.45, 2.75) is 11.8 Å². The largest absolute Gasteiger partial charge is 0.495 e. The summed E-state index contributed by atoms with van der Waals surface area (Å²) < 4.78 is 33.0. The number of ether oxygens (including phenoxy) is 1. The maximum Gasteiger partial charge on any atom is 0.264 e. The molecule has 0 atom stereocenters. The molecule has 1 heterocycles. The average molecular weight is 478 g/mol. The number of benzene rings is 2. The quantitative estimate of drug-likeness (QED) is 0.390. The van der Waals surface area contributed by atoms with E-state index >= 15 is 0 Å². The molecule has 0 radical (unpaired) electrons. The Morgan fingerprint density at radius 3 is 2.55 bits per heavy atom. The van der Waals surface area contributed by atoms with E-state index in [4.69, 9.17) is 16.3 Å². The Balaban J connectivity index is 1.96. The van der Waals surface area contributed by atoms with Crippen LogP contribution in [0.5, 0.6) is 5.75 Å². The first-order valence-electron chi connectivity index (χ1n) is 9.11. The first kappa shape index (κ1) is 22.8. The molecule has 1 amide bonds. The molecule has 10 heteroatoms. The molecule has 162 valence electrons. The molecule has 1 N–H and O–H groups in total. The zero-order valence-electron chi connectivity index (χ0n) is 16.8. The second kappa shape index (κ2) is 9.95. The summed E-state index contributed by atoms with van der Waals surface area (Å²) in [5.41, 5.74) is 3.18. The molecule has 31 heavy (non-hydrogen) atoms.